The molecule has 3 unspecified atom stereocenters. The normalized spacial score (nSPS) is 34.5. The van der Waals surface area contributed by atoms with Crippen LogP contribution in [0.1, 0.15) is 39.5 Å². The number of rotatable bonds is 1. The van der Waals surface area contributed by atoms with Crippen LogP contribution in [0.5, 0.6) is 0 Å². The zero-order valence-electron chi connectivity index (χ0n) is 11.0. The fourth-order valence-corrected chi connectivity index (χ4v) is 2.76. The maximum Gasteiger partial charge on any atom is 0.317 e. The first kappa shape index (κ1) is 12.7. The molecule has 2 rings (SSSR count). The summed E-state index contributed by atoms with van der Waals surface area (Å²) in [7, 11) is 0. The van der Waals surface area contributed by atoms with Gasteiger partial charge >= 0.3 is 6.03 Å². The van der Waals surface area contributed by atoms with Crippen LogP contribution in [-0.2, 0) is 0 Å². The van der Waals surface area contributed by atoms with E-state index in [9.17, 15) is 4.79 Å². The van der Waals surface area contributed by atoms with Crippen LogP contribution >= 0.6 is 0 Å². The summed E-state index contributed by atoms with van der Waals surface area (Å²) in [6, 6.07) is 1.05. The van der Waals surface area contributed by atoms with E-state index in [1.165, 1.54) is 6.42 Å². The van der Waals surface area contributed by atoms with Crippen molar-refractivity contribution >= 4 is 6.03 Å². The molecule has 0 spiro atoms. The molecule has 3 atom stereocenters. The Balaban J connectivity index is 1.76. The van der Waals surface area contributed by atoms with Gasteiger partial charge in [-0.1, -0.05) is 6.92 Å². The van der Waals surface area contributed by atoms with E-state index < -0.39 is 0 Å². The van der Waals surface area contributed by atoms with Gasteiger partial charge in [0.05, 0.1) is 0 Å². The number of nitrogens with one attached hydrogen (secondary N) is 2. The quantitative estimate of drug-likeness (QED) is 0.729. The fourth-order valence-electron chi connectivity index (χ4n) is 2.76. The fraction of sp³-hybridized carbons (Fsp3) is 0.923. The number of hydrogen-bond acceptors (Lipinski definition) is 2. The standard InChI is InChI=1S/C13H25N3O/c1-10-4-3-7-16(9-10)13(17)15-12-6-5-11(2)14-8-12/h10-12,14H,3-9H2,1-2H3,(H,15,17). The van der Waals surface area contributed by atoms with Crippen molar-refractivity contribution < 1.29 is 4.79 Å². The lowest BCUT2D eigenvalue weighted by Crippen LogP contribution is -2.53. The second-order valence-corrected chi connectivity index (χ2v) is 5.73. The molecule has 98 valence electrons. The minimum Gasteiger partial charge on any atom is -0.334 e. The Morgan fingerprint density at radius 1 is 1.29 bits per heavy atom. The molecule has 17 heavy (non-hydrogen) atoms. The van der Waals surface area contributed by atoms with Gasteiger partial charge in [-0.15, -0.1) is 0 Å². The van der Waals surface area contributed by atoms with E-state index in [4.69, 9.17) is 0 Å². The average molecular weight is 239 g/mol. The third-order valence-electron chi connectivity index (χ3n) is 3.93. The zero-order chi connectivity index (χ0) is 12.3. The minimum absolute atomic E-state index is 0.137. The number of likely N-dealkylation sites (tertiary alicyclic amines) is 1. The second kappa shape index (κ2) is 5.71. The maximum absolute atomic E-state index is 12.1. The summed E-state index contributed by atoms with van der Waals surface area (Å²) in [6.45, 7) is 7.18. The number of carbonyl (C=O) groups is 1. The Bertz CT molecular complexity index is 261. The number of amides is 2. The van der Waals surface area contributed by atoms with Crippen molar-refractivity contribution in [3.05, 3.63) is 0 Å². The molecule has 0 aliphatic carbocycles. The molecule has 0 aromatic heterocycles. The molecule has 2 N–H and O–H groups in total. The van der Waals surface area contributed by atoms with Gasteiger partial charge in [0.25, 0.3) is 0 Å². The predicted octanol–water partition coefficient (Wildman–Crippen LogP) is 1.57. The highest BCUT2D eigenvalue weighted by molar-refractivity contribution is 5.74. The first-order valence-corrected chi connectivity index (χ1v) is 6.94. The van der Waals surface area contributed by atoms with Gasteiger partial charge in [-0.2, -0.15) is 0 Å². The molecule has 0 bridgehead atoms. The Morgan fingerprint density at radius 3 is 2.76 bits per heavy atom. The third-order valence-corrected chi connectivity index (χ3v) is 3.93. The minimum atomic E-state index is 0.137. The molecule has 0 aromatic carbocycles. The predicted molar refractivity (Wildman–Crippen MR) is 69.0 cm³/mol. The van der Waals surface area contributed by atoms with Gasteiger partial charge < -0.3 is 15.5 Å². The molecule has 0 aromatic rings. The summed E-state index contributed by atoms with van der Waals surface area (Å²) in [4.78, 5) is 14.1. The Kier molecular flexibility index (Phi) is 4.26. The Hall–Kier alpha value is -0.770. The number of piperidine rings is 2. The molecule has 4 heteroatoms. The molecule has 2 aliphatic rings. The summed E-state index contributed by atoms with van der Waals surface area (Å²) >= 11 is 0. The highest BCUT2D eigenvalue weighted by Gasteiger charge is 2.24. The van der Waals surface area contributed by atoms with E-state index in [0.29, 0.717) is 18.0 Å². The van der Waals surface area contributed by atoms with Crippen LogP contribution in [-0.4, -0.2) is 42.6 Å². The largest absolute Gasteiger partial charge is 0.334 e. The van der Waals surface area contributed by atoms with Gasteiger partial charge in [-0.3, -0.25) is 0 Å². The number of carbonyl (C=O) groups excluding carboxylic acids is 1. The van der Waals surface area contributed by atoms with E-state index in [1.807, 2.05) is 4.90 Å². The summed E-state index contributed by atoms with van der Waals surface area (Å²) in [5.74, 6) is 0.652. The molecule has 2 saturated heterocycles. The van der Waals surface area contributed by atoms with Gasteiger partial charge in [0.2, 0.25) is 0 Å². The van der Waals surface area contributed by atoms with Crippen molar-refractivity contribution in [2.24, 2.45) is 5.92 Å². The molecule has 4 nitrogen and oxygen atoms in total. The third kappa shape index (κ3) is 3.60. The van der Waals surface area contributed by atoms with Crippen LogP contribution in [0.3, 0.4) is 0 Å². The van der Waals surface area contributed by atoms with Crippen LogP contribution < -0.4 is 10.6 Å². The average Bonchev–Trinajstić information content (AvgIpc) is 2.32. The van der Waals surface area contributed by atoms with Crippen LogP contribution in [0.25, 0.3) is 0 Å². The summed E-state index contributed by atoms with van der Waals surface area (Å²) < 4.78 is 0. The molecule has 0 saturated carbocycles. The van der Waals surface area contributed by atoms with Crippen molar-refractivity contribution in [3.63, 3.8) is 0 Å². The van der Waals surface area contributed by atoms with Crippen LogP contribution in [0.2, 0.25) is 0 Å². The van der Waals surface area contributed by atoms with Crippen LogP contribution in [0.15, 0.2) is 0 Å². The first-order valence-electron chi connectivity index (χ1n) is 6.94. The lowest BCUT2D eigenvalue weighted by molar-refractivity contribution is 0.163. The van der Waals surface area contributed by atoms with E-state index in [2.05, 4.69) is 24.5 Å². The van der Waals surface area contributed by atoms with E-state index in [1.54, 1.807) is 0 Å². The topological polar surface area (TPSA) is 44.4 Å². The van der Waals surface area contributed by atoms with E-state index >= 15 is 0 Å². The monoisotopic (exact) mass is 239 g/mol. The van der Waals surface area contributed by atoms with Crippen LogP contribution in [0.4, 0.5) is 4.79 Å². The van der Waals surface area contributed by atoms with Gasteiger partial charge in [-0.25, -0.2) is 4.79 Å². The van der Waals surface area contributed by atoms with Gasteiger partial charge in [-0.05, 0) is 38.5 Å². The molecule has 2 fully saturated rings. The van der Waals surface area contributed by atoms with Gasteiger partial charge in [0.1, 0.15) is 0 Å². The van der Waals surface area contributed by atoms with Crippen molar-refractivity contribution in [1.29, 1.82) is 0 Å². The second-order valence-electron chi connectivity index (χ2n) is 5.73. The van der Waals surface area contributed by atoms with Crippen LogP contribution in [0, 0.1) is 5.92 Å². The van der Waals surface area contributed by atoms with Crippen molar-refractivity contribution in [3.8, 4) is 0 Å². The zero-order valence-corrected chi connectivity index (χ0v) is 11.0. The lowest BCUT2D eigenvalue weighted by atomic mass is 10.0. The van der Waals surface area contributed by atoms with E-state index in [-0.39, 0.29) is 6.03 Å². The Labute approximate surface area is 104 Å². The summed E-state index contributed by atoms with van der Waals surface area (Å²) in [5.41, 5.74) is 0. The van der Waals surface area contributed by atoms with Crippen molar-refractivity contribution in [2.75, 3.05) is 19.6 Å². The Morgan fingerprint density at radius 2 is 2.12 bits per heavy atom. The molecule has 2 amide bonds. The maximum atomic E-state index is 12.1. The molecule has 0 radical (unpaired) electrons. The number of hydrogen-bond donors (Lipinski definition) is 2. The molecular weight excluding hydrogens is 214 g/mol. The van der Waals surface area contributed by atoms with Crippen molar-refractivity contribution in [2.45, 2.75) is 51.6 Å². The molecule has 2 aliphatic heterocycles. The summed E-state index contributed by atoms with van der Waals surface area (Å²) in [5, 5.41) is 6.57. The van der Waals surface area contributed by atoms with Gasteiger partial charge in [0.15, 0.2) is 0 Å². The lowest BCUT2D eigenvalue weighted by Gasteiger charge is -2.34. The first-order chi connectivity index (χ1) is 8.15. The highest BCUT2D eigenvalue weighted by Crippen LogP contribution is 2.16. The molecular formula is C13H25N3O. The molecule has 2 heterocycles. The SMILES string of the molecule is CC1CCCN(C(=O)NC2CCC(C)NC2)C1. The highest BCUT2D eigenvalue weighted by atomic mass is 16.2. The van der Waals surface area contributed by atoms with Crippen molar-refractivity contribution in [1.82, 2.24) is 15.5 Å². The number of nitrogens with zero attached hydrogens (tertiary/aromatic N) is 1. The van der Waals surface area contributed by atoms with E-state index in [0.717, 1.165) is 38.9 Å². The summed E-state index contributed by atoms with van der Waals surface area (Å²) in [6.07, 6.45) is 4.66. The number of urea groups is 1. The van der Waals surface area contributed by atoms with Gasteiger partial charge in [0, 0.05) is 31.7 Å². The smallest absolute Gasteiger partial charge is 0.317 e.